The normalized spacial score (nSPS) is 9.42. The molecule has 0 atom stereocenters. The molecule has 1 rings (SSSR count). The van der Waals surface area contributed by atoms with Gasteiger partial charge in [-0.05, 0) is 0 Å². The van der Waals surface area contributed by atoms with Gasteiger partial charge in [0.05, 0.1) is 29.1 Å². The van der Waals surface area contributed by atoms with Gasteiger partial charge in [0.25, 0.3) is 0 Å². The van der Waals surface area contributed by atoms with Crippen molar-refractivity contribution in [3.63, 3.8) is 0 Å². The molecule has 0 spiro atoms. The molecule has 0 saturated heterocycles. The number of benzene rings is 1. The molecule has 0 fully saturated rings. The molecule has 12 heavy (non-hydrogen) atoms. The Morgan fingerprint density at radius 2 is 1.00 bits per heavy atom. The second-order valence-corrected chi connectivity index (χ2v) is 1.69. The average molecular weight is 226 g/mol. The van der Waals surface area contributed by atoms with Crippen molar-refractivity contribution in [1.82, 2.24) is 0 Å². The summed E-state index contributed by atoms with van der Waals surface area (Å²) in [6.45, 7) is 0. The first kappa shape index (κ1) is 11.4. The minimum atomic E-state index is -2.17. The third kappa shape index (κ3) is 1.75. The van der Waals surface area contributed by atoms with Gasteiger partial charge in [0, 0.05) is 16.8 Å². The van der Waals surface area contributed by atoms with Crippen molar-refractivity contribution in [1.29, 1.82) is 0 Å². The number of hydrogen-bond donors (Lipinski definition) is 0. The quantitative estimate of drug-likeness (QED) is 0.275. The van der Waals surface area contributed by atoms with Crippen LogP contribution in [0.2, 0.25) is 0 Å². The van der Waals surface area contributed by atoms with E-state index in [1.807, 2.05) is 0 Å². The summed E-state index contributed by atoms with van der Waals surface area (Å²) in [5.41, 5.74) is 0. The molecular formula is C6CoF5-. The maximum atomic E-state index is 12.0. The Morgan fingerprint density at radius 1 is 0.667 bits per heavy atom. The molecule has 0 heterocycles. The zero-order valence-corrected chi connectivity index (χ0v) is 6.26. The predicted molar refractivity (Wildman–Crippen MR) is 25.1 cm³/mol. The van der Waals surface area contributed by atoms with E-state index in [1.54, 1.807) is 0 Å². The Kier molecular flexibility index (Phi) is 3.66. The predicted octanol–water partition coefficient (Wildman–Crippen LogP) is 2.18. The van der Waals surface area contributed by atoms with Crippen LogP contribution in [0.4, 0.5) is 22.0 Å². The molecule has 0 aromatic heterocycles. The maximum Gasteiger partial charge on any atom is 0.0893 e. The summed E-state index contributed by atoms with van der Waals surface area (Å²) in [5, 5.41) is 0. The van der Waals surface area contributed by atoms with E-state index in [2.05, 4.69) is 0 Å². The minimum Gasteiger partial charge on any atom is -0.278 e. The smallest absolute Gasteiger partial charge is 0.0893 e. The van der Waals surface area contributed by atoms with E-state index in [4.69, 9.17) is 0 Å². The van der Waals surface area contributed by atoms with Crippen molar-refractivity contribution in [3.05, 3.63) is 35.2 Å². The van der Waals surface area contributed by atoms with Crippen molar-refractivity contribution < 1.29 is 38.7 Å². The molecule has 0 aliphatic carbocycles. The van der Waals surface area contributed by atoms with Crippen LogP contribution in [-0.4, -0.2) is 0 Å². The van der Waals surface area contributed by atoms with Gasteiger partial charge in [0.2, 0.25) is 0 Å². The summed E-state index contributed by atoms with van der Waals surface area (Å²) >= 11 is 0. The fourth-order valence-corrected chi connectivity index (χ4v) is 0.495. The van der Waals surface area contributed by atoms with Crippen molar-refractivity contribution >= 4 is 0 Å². The second kappa shape index (κ2) is 3.86. The fourth-order valence-electron chi connectivity index (χ4n) is 0.495. The number of halogens is 5. The zero-order chi connectivity index (χ0) is 8.59. The van der Waals surface area contributed by atoms with Crippen molar-refractivity contribution in [2.45, 2.75) is 0 Å². The molecule has 1 aromatic carbocycles. The van der Waals surface area contributed by atoms with Gasteiger partial charge in [-0.15, -0.1) is 6.07 Å². The minimum absolute atomic E-state index is 0. The van der Waals surface area contributed by atoms with Crippen LogP contribution in [0.15, 0.2) is 0 Å². The van der Waals surface area contributed by atoms with Crippen molar-refractivity contribution in [3.8, 4) is 0 Å². The largest absolute Gasteiger partial charge is 0.278 e. The van der Waals surface area contributed by atoms with E-state index >= 15 is 0 Å². The standard InChI is InChI=1S/C6F5.Co/c7-2-1-3(8)5(10)6(11)4(2)9;/q-1;. The molecule has 69 valence electrons. The van der Waals surface area contributed by atoms with E-state index in [0.29, 0.717) is 0 Å². The maximum absolute atomic E-state index is 12.0. The molecule has 0 unspecified atom stereocenters. The zero-order valence-electron chi connectivity index (χ0n) is 5.22. The first-order chi connectivity index (χ1) is 5.04. The third-order valence-corrected chi connectivity index (χ3v) is 0.990. The van der Waals surface area contributed by atoms with Crippen LogP contribution in [0, 0.1) is 35.2 Å². The van der Waals surface area contributed by atoms with E-state index in [-0.39, 0.29) is 16.8 Å². The molecule has 0 bridgehead atoms. The summed E-state index contributed by atoms with van der Waals surface area (Å²) < 4.78 is 59.9. The Balaban J connectivity index is 0.00000121. The Morgan fingerprint density at radius 3 is 1.33 bits per heavy atom. The van der Waals surface area contributed by atoms with Crippen molar-refractivity contribution in [2.75, 3.05) is 0 Å². The van der Waals surface area contributed by atoms with Crippen LogP contribution in [0.1, 0.15) is 0 Å². The summed E-state index contributed by atoms with van der Waals surface area (Å²) in [6.07, 6.45) is 0. The van der Waals surface area contributed by atoms with Gasteiger partial charge in [-0.3, -0.25) is 8.78 Å². The molecule has 0 amide bonds. The van der Waals surface area contributed by atoms with Gasteiger partial charge in [-0.25, -0.2) is 13.2 Å². The summed E-state index contributed by atoms with van der Waals surface area (Å²) in [5.74, 6) is -10.0. The molecule has 0 N–H and O–H groups in total. The SMILES string of the molecule is Fc1[c-]c(F)c(F)c(F)c1F.[Co]. The van der Waals surface area contributed by atoms with Gasteiger partial charge in [-0.2, -0.15) is 0 Å². The van der Waals surface area contributed by atoms with Crippen molar-refractivity contribution in [2.24, 2.45) is 0 Å². The van der Waals surface area contributed by atoms with Crippen LogP contribution in [0.25, 0.3) is 0 Å². The third-order valence-electron chi connectivity index (χ3n) is 0.990. The molecule has 0 nitrogen and oxygen atoms in total. The van der Waals surface area contributed by atoms with Gasteiger partial charge in [0.1, 0.15) is 0 Å². The van der Waals surface area contributed by atoms with Crippen LogP contribution < -0.4 is 0 Å². The van der Waals surface area contributed by atoms with Crippen LogP contribution >= 0.6 is 0 Å². The van der Waals surface area contributed by atoms with Gasteiger partial charge in [-0.1, -0.05) is 0 Å². The first-order valence-corrected chi connectivity index (χ1v) is 2.44. The van der Waals surface area contributed by atoms with Gasteiger partial charge >= 0.3 is 0 Å². The van der Waals surface area contributed by atoms with Gasteiger partial charge < -0.3 is 0 Å². The Bertz CT molecular complexity index is 272. The molecule has 6 heteroatoms. The van der Waals surface area contributed by atoms with E-state index in [9.17, 15) is 22.0 Å². The summed E-state index contributed by atoms with van der Waals surface area (Å²) in [6, 6.07) is 1.02. The first-order valence-electron chi connectivity index (χ1n) is 2.44. The molecule has 0 aliphatic rings. The summed E-state index contributed by atoms with van der Waals surface area (Å²) in [7, 11) is 0. The fraction of sp³-hybridized carbons (Fsp3) is 0. The molecule has 0 saturated carbocycles. The number of hydrogen-bond acceptors (Lipinski definition) is 0. The monoisotopic (exact) mass is 226 g/mol. The summed E-state index contributed by atoms with van der Waals surface area (Å²) in [4.78, 5) is 0. The molecule has 0 aliphatic heterocycles. The van der Waals surface area contributed by atoms with Crippen LogP contribution in [0.5, 0.6) is 0 Å². The van der Waals surface area contributed by atoms with Crippen LogP contribution in [-0.2, 0) is 16.8 Å². The average Bonchev–Trinajstić information content (AvgIpc) is 1.97. The number of rotatable bonds is 0. The van der Waals surface area contributed by atoms with E-state index < -0.39 is 29.1 Å². The molecular weight excluding hydrogens is 226 g/mol. The van der Waals surface area contributed by atoms with E-state index in [1.165, 1.54) is 0 Å². The molecule has 1 aromatic rings. The molecule has 1 radical (unpaired) electrons. The Labute approximate surface area is 74.6 Å². The van der Waals surface area contributed by atoms with Gasteiger partial charge in [0.15, 0.2) is 0 Å². The van der Waals surface area contributed by atoms with E-state index in [0.717, 1.165) is 6.07 Å². The second-order valence-electron chi connectivity index (χ2n) is 1.69. The van der Waals surface area contributed by atoms with Crippen LogP contribution in [0.3, 0.4) is 0 Å². The topological polar surface area (TPSA) is 0 Å². The Hall–Kier alpha value is -0.624.